The lowest BCUT2D eigenvalue weighted by molar-refractivity contribution is -0.146. The SMILES string of the molecule is CCCCCC(CCN1C(=O)CCC(=O)C1CCCCCCC(=O)OCC)OCc1ccccc1. The fraction of sp³-hybridized carbons (Fsp3) is 0.690. The smallest absolute Gasteiger partial charge is 0.305 e. The molecule has 1 heterocycles. The van der Waals surface area contributed by atoms with Crippen molar-refractivity contribution in [1.29, 1.82) is 0 Å². The van der Waals surface area contributed by atoms with Crippen molar-refractivity contribution < 1.29 is 23.9 Å². The number of Topliss-reactive ketones (excluding diaryl/α,β-unsaturated/α-hetero) is 1. The number of esters is 1. The average molecular weight is 488 g/mol. The minimum absolute atomic E-state index is 0.0788. The van der Waals surface area contributed by atoms with Crippen molar-refractivity contribution in [2.45, 2.75) is 116 Å². The zero-order valence-electron chi connectivity index (χ0n) is 21.8. The molecule has 0 saturated carbocycles. The van der Waals surface area contributed by atoms with Gasteiger partial charge in [0.1, 0.15) is 0 Å². The highest BCUT2D eigenvalue weighted by Crippen LogP contribution is 2.23. The van der Waals surface area contributed by atoms with Gasteiger partial charge in [-0.05, 0) is 38.2 Å². The minimum atomic E-state index is -0.313. The number of hydrogen-bond acceptors (Lipinski definition) is 5. The third kappa shape index (κ3) is 11.4. The topological polar surface area (TPSA) is 72.9 Å². The Morgan fingerprint density at radius 2 is 1.74 bits per heavy atom. The van der Waals surface area contributed by atoms with Gasteiger partial charge in [-0.25, -0.2) is 0 Å². The third-order valence-electron chi connectivity index (χ3n) is 6.72. The van der Waals surface area contributed by atoms with E-state index in [2.05, 4.69) is 19.1 Å². The summed E-state index contributed by atoms with van der Waals surface area (Å²) in [5.74, 6) is 0.130. The van der Waals surface area contributed by atoms with Crippen LogP contribution >= 0.6 is 0 Å². The van der Waals surface area contributed by atoms with Gasteiger partial charge in [-0.15, -0.1) is 0 Å². The van der Waals surface area contributed by atoms with E-state index >= 15 is 0 Å². The van der Waals surface area contributed by atoms with Crippen LogP contribution in [0.25, 0.3) is 0 Å². The van der Waals surface area contributed by atoms with Gasteiger partial charge in [0.2, 0.25) is 5.91 Å². The molecule has 196 valence electrons. The number of piperidine rings is 1. The van der Waals surface area contributed by atoms with Gasteiger partial charge in [-0.1, -0.05) is 75.8 Å². The summed E-state index contributed by atoms with van der Waals surface area (Å²) in [6.07, 6.45) is 10.6. The van der Waals surface area contributed by atoms with E-state index in [4.69, 9.17) is 9.47 Å². The van der Waals surface area contributed by atoms with Crippen LogP contribution in [0.4, 0.5) is 0 Å². The van der Waals surface area contributed by atoms with Crippen LogP contribution in [-0.4, -0.2) is 47.9 Å². The maximum atomic E-state index is 12.8. The van der Waals surface area contributed by atoms with Crippen molar-refractivity contribution in [3.8, 4) is 0 Å². The van der Waals surface area contributed by atoms with E-state index in [0.29, 0.717) is 45.4 Å². The van der Waals surface area contributed by atoms with Gasteiger partial charge in [-0.2, -0.15) is 0 Å². The first kappa shape index (κ1) is 29.0. The standard InChI is InChI=1S/C29H45NO5/c1-3-5-9-16-25(35-23-24-14-10-8-11-15-24)21-22-30-26(27(31)19-20-28(30)32)17-12-6-7-13-18-29(33)34-4-2/h8,10-11,14-15,25-26H,3-7,9,12-13,16-23H2,1-2H3. The summed E-state index contributed by atoms with van der Waals surface area (Å²) in [5, 5.41) is 0. The van der Waals surface area contributed by atoms with Gasteiger partial charge in [0.05, 0.1) is 25.4 Å². The van der Waals surface area contributed by atoms with E-state index in [1.54, 1.807) is 0 Å². The molecule has 2 unspecified atom stereocenters. The summed E-state index contributed by atoms with van der Waals surface area (Å²) in [6.45, 7) is 5.57. The van der Waals surface area contributed by atoms with Crippen molar-refractivity contribution in [2.75, 3.05) is 13.2 Å². The largest absolute Gasteiger partial charge is 0.466 e. The molecule has 35 heavy (non-hydrogen) atoms. The number of carbonyl (C=O) groups is 3. The molecule has 0 bridgehead atoms. The molecule has 0 aliphatic carbocycles. The summed E-state index contributed by atoms with van der Waals surface area (Å²) >= 11 is 0. The normalized spacial score (nSPS) is 17.0. The maximum absolute atomic E-state index is 12.8. The van der Waals surface area contributed by atoms with Crippen molar-refractivity contribution in [3.63, 3.8) is 0 Å². The predicted molar refractivity (Wildman–Crippen MR) is 138 cm³/mol. The number of likely N-dealkylation sites (tertiary alicyclic amines) is 1. The highest BCUT2D eigenvalue weighted by molar-refractivity contribution is 5.95. The van der Waals surface area contributed by atoms with E-state index in [1.807, 2.05) is 30.0 Å². The van der Waals surface area contributed by atoms with Crippen molar-refractivity contribution >= 4 is 17.7 Å². The molecule has 1 saturated heterocycles. The first-order valence-electron chi connectivity index (χ1n) is 13.7. The quantitative estimate of drug-likeness (QED) is 0.187. The van der Waals surface area contributed by atoms with Gasteiger partial charge in [0, 0.05) is 25.8 Å². The summed E-state index contributed by atoms with van der Waals surface area (Å²) < 4.78 is 11.2. The van der Waals surface area contributed by atoms with E-state index in [-0.39, 0.29) is 29.8 Å². The van der Waals surface area contributed by atoms with Crippen LogP contribution < -0.4 is 0 Å². The number of benzene rings is 1. The average Bonchev–Trinajstić information content (AvgIpc) is 2.86. The first-order chi connectivity index (χ1) is 17.0. The summed E-state index contributed by atoms with van der Waals surface area (Å²) in [4.78, 5) is 38.8. The van der Waals surface area contributed by atoms with E-state index in [9.17, 15) is 14.4 Å². The molecule has 6 nitrogen and oxygen atoms in total. The Labute approximate surface area is 211 Å². The van der Waals surface area contributed by atoms with Crippen LogP contribution in [0.5, 0.6) is 0 Å². The number of unbranched alkanes of at least 4 members (excludes halogenated alkanes) is 5. The highest BCUT2D eigenvalue weighted by Gasteiger charge is 2.34. The molecule has 6 heteroatoms. The molecule has 0 N–H and O–H groups in total. The third-order valence-corrected chi connectivity index (χ3v) is 6.72. The lowest BCUT2D eigenvalue weighted by atomic mass is 9.94. The number of carbonyl (C=O) groups excluding carboxylic acids is 3. The van der Waals surface area contributed by atoms with Crippen molar-refractivity contribution in [2.24, 2.45) is 0 Å². The van der Waals surface area contributed by atoms with Gasteiger partial charge < -0.3 is 14.4 Å². The molecule has 1 aliphatic rings. The predicted octanol–water partition coefficient (Wildman–Crippen LogP) is 6.01. The molecule has 1 amide bonds. The number of ether oxygens (including phenoxy) is 2. The molecule has 1 fully saturated rings. The van der Waals surface area contributed by atoms with Gasteiger partial charge >= 0.3 is 5.97 Å². The second-order valence-electron chi connectivity index (χ2n) is 9.53. The zero-order valence-corrected chi connectivity index (χ0v) is 21.8. The first-order valence-corrected chi connectivity index (χ1v) is 13.7. The van der Waals surface area contributed by atoms with Crippen LogP contribution in [-0.2, 0) is 30.5 Å². The second kappa shape index (κ2) is 17.3. The van der Waals surface area contributed by atoms with Crippen LogP contribution in [0.1, 0.15) is 103 Å². The molecule has 0 aromatic heterocycles. The summed E-state index contributed by atoms with van der Waals surface area (Å²) in [6, 6.07) is 9.86. The van der Waals surface area contributed by atoms with Crippen molar-refractivity contribution in [1.82, 2.24) is 4.90 Å². The fourth-order valence-corrected chi connectivity index (χ4v) is 4.68. The Kier molecular flexibility index (Phi) is 14.3. The molecule has 1 aromatic rings. The van der Waals surface area contributed by atoms with Crippen LogP contribution in [0.15, 0.2) is 30.3 Å². The van der Waals surface area contributed by atoms with Gasteiger partial charge in [0.15, 0.2) is 5.78 Å². The van der Waals surface area contributed by atoms with E-state index in [0.717, 1.165) is 56.9 Å². The van der Waals surface area contributed by atoms with Crippen molar-refractivity contribution in [3.05, 3.63) is 35.9 Å². The van der Waals surface area contributed by atoms with Crippen LogP contribution in [0.3, 0.4) is 0 Å². The molecule has 1 aliphatic heterocycles. The molecule has 0 spiro atoms. The second-order valence-corrected chi connectivity index (χ2v) is 9.53. The minimum Gasteiger partial charge on any atom is -0.466 e. The Hall–Kier alpha value is -2.21. The number of hydrogen-bond donors (Lipinski definition) is 0. The molecular weight excluding hydrogens is 442 g/mol. The van der Waals surface area contributed by atoms with Crippen LogP contribution in [0.2, 0.25) is 0 Å². The van der Waals surface area contributed by atoms with Crippen LogP contribution in [0, 0.1) is 0 Å². The van der Waals surface area contributed by atoms with E-state index < -0.39 is 0 Å². The lowest BCUT2D eigenvalue weighted by Gasteiger charge is -2.35. The molecule has 0 radical (unpaired) electrons. The molecule has 1 aromatic carbocycles. The fourth-order valence-electron chi connectivity index (χ4n) is 4.68. The Morgan fingerprint density at radius 3 is 2.49 bits per heavy atom. The van der Waals surface area contributed by atoms with Gasteiger partial charge in [-0.3, -0.25) is 14.4 Å². The maximum Gasteiger partial charge on any atom is 0.305 e. The Balaban J connectivity index is 1.84. The number of nitrogens with zero attached hydrogens (tertiary/aromatic N) is 1. The zero-order chi connectivity index (χ0) is 25.3. The lowest BCUT2D eigenvalue weighted by Crippen LogP contribution is -2.50. The summed E-state index contributed by atoms with van der Waals surface area (Å²) in [7, 11) is 0. The number of rotatable bonds is 18. The molecule has 2 rings (SSSR count). The summed E-state index contributed by atoms with van der Waals surface area (Å²) in [5.41, 5.74) is 1.15. The van der Waals surface area contributed by atoms with E-state index in [1.165, 1.54) is 6.42 Å². The Morgan fingerprint density at radius 1 is 0.971 bits per heavy atom. The highest BCUT2D eigenvalue weighted by atomic mass is 16.5. The molecular formula is C29H45NO5. The van der Waals surface area contributed by atoms with Gasteiger partial charge in [0.25, 0.3) is 0 Å². The Bertz CT molecular complexity index is 751. The molecule has 2 atom stereocenters. The number of amides is 1. The number of ketones is 1. The monoisotopic (exact) mass is 487 g/mol.